The van der Waals surface area contributed by atoms with Crippen LogP contribution in [0, 0.1) is 0 Å². The quantitative estimate of drug-likeness (QED) is 0.765. The van der Waals surface area contributed by atoms with Gasteiger partial charge in [-0.05, 0) is 43.2 Å². The minimum atomic E-state index is -0.406. The lowest BCUT2D eigenvalue weighted by atomic mass is 10.1. The van der Waals surface area contributed by atoms with Crippen molar-refractivity contribution in [2.45, 2.75) is 20.3 Å². The van der Waals surface area contributed by atoms with Crippen LogP contribution in [0.2, 0.25) is 0 Å². The molecule has 0 bridgehead atoms. The van der Waals surface area contributed by atoms with Gasteiger partial charge in [0.25, 0.3) is 0 Å². The third-order valence-electron chi connectivity index (χ3n) is 3.51. The Balaban J connectivity index is 1.95. The smallest absolute Gasteiger partial charge is 0.340 e. The summed E-state index contributed by atoms with van der Waals surface area (Å²) < 4.78 is 5.01. The number of carbonyl (C=O) groups excluding carboxylic acids is 2. The van der Waals surface area contributed by atoms with Gasteiger partial charge in [0.05, 0.1) is 18.7 Å². The molecule has 0 spiro atoms. The van der Waals surface area contributed by atoms with Crippen LogP contribution in [0.5, 0.6) is 0 Å². The fourth-order valence-electron chi connectivity index (χ4n) is 2.23. The van der Waals surface area contributed by atoms with Gasteiger partial charge in [-0.2, -0.15) is 0 Å². The number of amides is 1. The highest BCUT2D eigenvalue weighted by Crippen LogP contribution is 2.16. The van der Waals surface area contributed by atoms with Crippen molar-refractivity contribution in [1.29, 1.82) is 0 Å². The van der Waals surface area contributed by atoms with Crippen molar-refractivity contribution in [2.75, 3.05) is 23.8 Å². The van der Waals surface area contributed by atoms with Gasteiger partial charge in [0.1, 0.15) is 0 Å². The molecule has 1 amide bonds. The van der Waals surface area contributed by atoms with E-state index in [0.717, 1.165) is 12.1 Å². The van der Waals surface area contributed by atoms with Gasteiger partial charge >= 0.3 is 5.97 Å². The second-order valence-electron chi connectivity index (χ2n) is 5.22. The van der Waals surface area contributed by atoms with E-state index >= 15 is 0 Å². The van der Waals surface area contributed by atoms with Gasteiger partial charge in [0.2, 0.25) is 5.91 Å². The van der Waals surface area contributed by atoms with Crippen LogP contribution >= 0.6 is 0 Å². The van der Waals surface area contributed by atoms with E-state index in [-0.39, 0.29) is 12.5 Å². The number of ether oxygens (including phenoxy) is 1. The summed E-state index contributed by atoms with van der Waals surface area (Å²) in [7, 11) is 0. The predicted octanol–water partition coefficient (Wildman–Crippen LogP) is 3.48. The third kappa shape index (κ3) is 4.84. The van der Waals surface area contributed by atoms with E-state index < -0.39 is 5.97 Å². The fourth-order valence-corrected chi connectivity index (χ4v) is 2.23. The van der Waals surface area contributed by atoms with Crippen molar-refractivity contribution >= 4 is 23.3 Å². The van der Waals surface area contributed by atoms with Crippen LogP contribution in [-0.4, -0.2) is 25.0 Å². The number of esters is 1. The lowest BCUT2D eigenvalue weighted by molar-refractivity contribution is -0.114. The van der Waals surface area contributed by atoms with Crippen LogP contribution in [0.3, 0.4) is 0 Å². The predicted molar refractivity (Wildman–Crippen MR) is 95.3 cm³/mol. The van der Waals surface area contributed by atoms with Crippen molar-refractivity contribution < 1.29 is 14.3 Å². The molecule has 0 fully saturated rings. The highest BCUT2D eigenvalue weighted by atomic mass is 16.5. The molecular formula is C19H22N2O3. The average Bonchev–Trinajstić information content (AvgIpc) is 2.61. The van der Waals surface area contributed by atoms with E-state index in [0.29, 0.717) is 17.9 Å². The number of anilines is 2. The highest BCUT2D eigenvalue weighted by molar-refractivity contribution is 5.98. The molecule has 0 radical (unpaired) electrons. The molecule has 2 aromatic carbocycles. The molecule has 126 valence electrons. The lowest BCUT2D eigenvalue weighted by Gasteiger charge is -2.11. The Morgan fingerprint density at radius 1 is 1.00 bits per heavy atom. The second kappa shape index (κ2) is 8.72. The zero-order valence-electron chi connectivity index (χ0n) is 14.0. The molecule has 2 rings (SSSR count). The molecule has 0 aromatic heterocycles. The SMILES string of the molecule is CCOC(=O)c1ccccc1NCC(=O)Nc1ccc(CC)cc1. The Kier molecular flexibility index (Phi) is 6.37. The molecule has 5 nitrogen and oxygen atoms in total. The minimum Gasteiger partial charge on any atom is -0.462 e. The Morgan fingerprint density at radius 2 is 1.71 bits per heavy atom. The summed E-state index contributed by atoms with van der Waals surface area (Å²) in [5.41, 5.74) is 2.96. The van der Waals surface area contributed by atoms with Crippen molar-refractivity contribution in [3.63, 3.8) is 0 Å². The number of hydrogen-bond acceptors (Lipinski definition) is 4. The summed E-state index contributed by atoms with van der Waals surface area (Å²) in [5.74, 6) is -0.589. The van der Waals surface area contributed by atoms with Crippen LogP contribution in [0.4, 0.5) is 11.4 Å². The third-order valence-corrected chi connectivity index (χ3v) is 3.51. The average molecular weight is 326 g/mol. The van der Waals surface area contributed by atoms with E-state index in [2.05, 4.69) is 17.6 Å². The topological polar surface area (TPSA) is 67.4 Å². The van der Waals surface area contributed by atoms with E-state index in [4.69, 9.17) is 4.74 Å². The number of benzene rings is 2. The zero-order valence-corrected chi connectivity index (χ0v) is 14.0. The second-order valence-corrected chi connectivity index (χ2v) is 5.22. The summed E-state index contributed by atoms with van der Waals surface area (Å²) in [6.45, 7) is 4.21. The van der Waals surface area contributed by atoms with Gasteiger partial charge in [-0.3, -0.25) is 4.79 Å². The van der Waals surface area contributed by atoms with Gasteiger partial charge in [-0.25, -0.2) is 4.79 Å². The standard InChI is InChI=1S/C19H22N2O3/c1-3-14-9-11-15(12-10-14)21-18(22)13-20-17-8-6-5-7-16(17)19(23)24-4-2/h5-12,20H,3-4,13H2,1-2H3,(H,21,22). The van der Waals surface area contributed by atoms with E-state index in [1.54, 1.807) is 31.2 Å². The minimum absolute atomic E-state index is 0.0615. The molecule has 0 atom stereocenters. The van der Waals surface area contributed by atoms with E-state index in [1.165, 1.54) is 5.56 Å². The van der Waals surface area contributed by atoms with Crippen LogP contribution in [0.25, 0.3) is 0 Å². The maximum Gasteiger partial charge on any atom is 0.340 e. The summed E-state index contributed by atoms with van der Waals surface area (Å²) >= 11 is 0. The number of aryl methyl sites for hydroxylation is 1. The van der Waals surface area contributed by atoms with Crippen LogP contribution < -0.4 is 10.6 Å². The molecular weight excluding hydrogens is 304 g/mol. The first-order chi connectivity index (χ1) is 11.6. The Morgan fingerprint density at radius 3 is 2.38 bits per heavy atom. The monoisotopic (exact) mass is 326 g/mol. The maximum absolute atomic E-state index is 12.1. The Labute approximate surface area is 142 Å². The summed E-state index contributed by atoms with van der Waals surface area (Å²) in [6, 6.07) is 14.7. The van der Waals surface area contributed by atoms with Gasteiger partial charge in [0.15, 0.2) is 0 Å². The summed E-state index contributed by atoms with van der Waals surface area (Å²) in [5, 5.41) is 5.80. The van der Waals surface area contributed by atoms with Crippen LogP contribution in [0.15, 0.2) is 48.5 Å². The summed E-state index contributed by atoms with van der Waals surface area (Å²) in [6.07, 6.45) is 0.959. The lowest BCUT2D eigenvalue weighted by Crippen LogP contribution is -2.22. The fraction of sp³-hybridized carbons (Fsp3) is 0.263. The molecule has 0 aliphatic heterocycles. The first-order valence-corrected chi connectivity index (χ1v) is 8.02. The van der Waals surface area contributed by atoms with Gasteiger partial charge in [0, 0.05) is 11.4 Å². The molecule has 0 unspecified atom stereocenters. The Bertz CT molecular complexity index is 696. The molecule has 2 aromatic rings. The van der Waals surface area contributed by atoms with Crippen molar-refractivity contribution in [3.05, 3.63) is 59.7 Å². The summed E-state index contributed by atoms with van der Waals surface area (Å²) in [4.78, 5) is 24.0. The molecule has 0 saturated heterocycles. The maximum atomic E-state index is 12.1. The molecule has 5 heteroatoms. The van der Waals surface area contributed by atoms with Crippen molar-refractivity contribution in [1.82, 2.24) is 0 Å². The van der Waals surface area contributed by atoms with Crippen molar-refractivity contribution in [2.24, 2.45) is 0 Å². The van der Waals surface area contributed by atoms with Crippen LogP contribution in [0.1, 0.15) is 29.8 Å². The molecule has 0 saturated carbocycles. The first kappa shape index (κ1) is 17.5. The zero-order chi connectivity index (χ0) is 17.4. The van der Waals surface area contributed by atoms with Gasteiger partial charge in [-0.1, -0.05) is 31.2 Å². The number of hydrogen-bond donors (Lipinski definition) is 2. The molecule has 0 aliphatic carbocycles. The van der Waals surface area contributed by atoms with Crippen LogP contribution in [-0.2, 0) is 16.0 Å². The van der Waals surface area contributed by atoms with E-state index in [1.807, 2.05) is 24.3 Å². The largest absolute Gasteiger partial charge is 0.462 e. The number of carbonyl (C=O) groups is 2. The highest BCUT2D eigenvalue weighted by Gasteiger charge is 2.12. The van der Waals surface area contributed by atoms with Gasteiger partial charge in [-0.15, -0.1) is 0 Å². The van der Waals surface area contributed by atoms with E-state index in [9.17, 15) is 9.59 Å². The Hall–Kier alpha value is -2.82. The first-order valence-electron chi connectivity index (χ1n) is 8.02. The normalized spacial score (nSPS) is 10.1. The molecule has 2 N–H and O–H groups in total. The molecule has 0 heterocycles. The number of para-hydroxylation sites is 1. The van der Waals surface area contributed by atoms with Gasteiger partial charge < -0.3 is 15.4 Å². The number of nitrogens with one attached hydrogen (secondary N) is 2. The number of rotatable bonds is 7. The molecule has 0 aliphatic rings. The molecule has 24 heavy (non-hydrogen) atoms. The van der Waals surface area contributed by atoms with Crippen molar-refractivity contribution in [3.8, 4) is 0 Å².